The van der Waals surface area contributed by atoms with Crippen molar-refractivity contribution in [3.05, 3.63) is 47.0 Å². The van der Waals surface area contributed by atoms with Crippen LogP contribution >= 0.6 is 0 Å². The maximum absolute atomic E-state index is 5.43. The van der Waals surface area contributed by atoms with E-state index in [1.165, 1.54) is 16.7 Å². The van der Waals surface area contributed by atoms with Gasteiger partial charge in [-0.15, -0.1) is 0 Å². The minimum absolute atomic E-state index is 0.658. The predicted octanol–water partition coefficient (Wildman–Crippen LogP) is 2.99. The molecular weight excluding hydrogens is 210 g/mol. The SMILES string of the molecule is C=C(C)COCCNCc1c(C)cccc1C. The molecule has 0 unspecified atom stereocenters. The molecule has 0 aliphatic heterocycles. The Labute approximate surface area is 105 Å². The van der Waals surface area contributed by atoms with Crippen LogP contribution in [-0.2, 0) is 11.3 Å². The Bertz CT molecular complexity index is 351. The van der Waals surface area contributed by atoms with E-state index < -0.39 is 0 Å². The first kappa shape index (κ1) is 13.9. The van der Waals surface area contributed by atoms with E-state index in [0.29, 0.717) is 6.61 Å². The molecule has 0 fully saturated rings. The molecule has 0 atom stereocenters. The molecule has 0 radical (unpaired) electrons. The smallest absolute Gasteiger partial charge is 0.0672 e. The topological polar surface area (TPSA) is 21.3 Å². The number of rotatable bonds is 7. The van der Waals surface area contributed by atoms with Gasteiger partial charge in [-0.25, -0.2) is 0 Å². The molecule has 0 aromatic heterocycles. The molecule has 1 rings (SSSR count). The summed E-state index contributed by atoms with van der Waals surface area (Å²) >= 11 is 0. The van der Waals surface area contributed by atoms with Crippen molar-refractivity contribution in [3.8, 4) is 0 Å². The van der Waals surface area contributed by atoms with Crippen LogP contribution < -0.4 is 5.32 Å². The van der Waals surface area contributed by atoms with Crippen molar-refractivity contribution >= 4 is 0 Å². The summed E-state index contributed by atoms with van der Waals surface area (Å²) in [5.74, 6) is 0. The van der Waals surface area contributed by atoms with E-state index in [-0.39, 0.29) is 0 Å². The Morgan fingerprint density at radius 2 is 1.94 bits per heavy atom. The molecule has 1 aromatic rings. The van der Waals surface area contributed by atoms with Crippen LogP contribution in [0.3, 0.4) is 0 Å². The number of nitrogens with one attached hydrogen (secondary N) is 1. The van der Waals surface area contributed by atoms with Gasteiger partial charge in [0, 0.05) is 13.1 Å². The highest BCUT2D eigenvalue weighted by atomic mass is 16.5. The monoisotopic (exact) mass is 233 g/mol. The largest absolute Gasteiger partial charge is 0.376 e. The fourth-order valence-electron chi connectivity index (χ4n) is 1.73. The van der Waals surface area contributed by atoms with Crippen molar-refractivity contribution in [2.75, 3.05) is 19.8 Å². The second-order valence-corrected chi connectivity index (χ2v) is 4.56. The van der Waals surface area contributed by atoms with Crippen molar-refractivity contribution < 1.29 is 4.74 Å². The Morgan fingerprint density at radius 1 is 1.29 bits per heavy atom. The summed E-state index contributed by atoms with van der Waals surface area (Å²) in [6.45, 7) is 13.3. The number of aryl methyl sites for hydroxylation is 2. The molecular formula is C15H23NO. The van der Waals surface area contributed by atoms with Crippen molar-refractivity contribution in [1.82, 2.24) is 5.32 Å². The van der Waals surface area contributed by atoms with E-state index in [4.69, 9.17) is 4.74 Å². The van der Waals surface area contributed by atoms with Crippen LogP contribution in [0.25, 0.3) is 0 Å². The van der Waals surface area contributed by atoms with Gasteiger partial charge in [0.2, 0.25) is 0 Å². The third kappa shape index (κ3) is 5.16. The van der Waals surface area contributed by atoms with Crippen LogP contribution in [0, 0.1) is 13.8 Å². The van der Waals surface area contributed by atoms with Gasteiger partial charge >= 0.3 is 0 Å². The molecule has 0 spiro atoms. The molecule has 0 bridgehead atoms. The molecule has 2 heteroatoms. The van der Waals surface area contributed by atoms with Gasteiger partial charge in [-0.1, -0.05) is 30.4 Å². The summed E-state index contributed by atoms with van der Waals surface area (Å²) < 4.78 is 5.43. The lowest BCUT2D eigenvalue weighted by Crippen LogP contribution is -2.20. The fraction of sp³-hybridized carbons (Fsp3) is 0.467. The Kier molecular flexibility index (Phi) is 5.95. The van der Waals surface area contributed by atoms with Crippen LogP contribution in [0.2, 0.25) is 0 Å². The molecule has 94 valence electrons. The molecule has 2 nitrogen and oxygen atoms in total. The van der Waals surface area contributed by atoms with Crippen LogP contribution in [0.4, 0.5) is 0 Å². The first-order valence-electron chi connectivity index (χ1n) is 6.09. The number of benzene rings is 1. The van der Waals surface area contributed by atoms with Crippen molar-refractivity contribution in [3.63, 3.8) is 0 Å². The highest BCUT2D eigenvalue weighted by Crippen LogP contribution is 2.12. The second kappa shape index (κ2) is 7.25. The molecule has 17 heavy (non-hydrogen) atoms. The lowest BCUT2D eigenvalue weighted by Gasteiger charge is -2.11. The van der Waals surface area contributed by atoms with E-state index in [0.717, 1.165) is 25.3 Å². The van der Waals surface area contributed by atoms with Gasteiger partial charge in [-0.05, 0) is 37.5 Å². The van der Waals surface area contributed by atoms with E-state index in [1.54, 1.807) is 0 Å². The van der Waals surface area contributed by atoms with Crippen LogP contribution in [0.1, 0.15) is 23.6 Å². The van der Waals surface area contributed by atoms with E-state index >= 15 is 0 Å². The quantitative estimate of drug-likeness (QED) is 0.577. The summed E-state index contributed by atoms with van der Waals surface area (Å²) in [4.78, 5) is 0. The Morgan fingerprint density at radius 3 is 2.53 bits per heavy atom. The second-order valence-electron chi connectivity index (χ2n) is 4.56. The van der Waals surface area contributed by atoms with Gasteiger partial charge < -0.3 is 10.1 Å². The summed E-state index contributed by atoms with van der Waals surface area (Å²) in [5, 5.41) is 3.40. The summed E-state index contributed by atoms with van der Waals surface area (Å²) in [6, 6.07) is 6.41. The molecule has 0 aliphatic carbocycles. The zero-order valence-corrected chi connectivity index (χ0v) is 11.2. The van der Waals surface area contributed by atoms with Gasteiger partial charge in [0.15, 0.2) is 0 Å². The van der Waals surface area contributed by atoms with Gasteiger partial charge in [0.05, 0.1) is 13.2 Å². The standard InChI is InChI=1S/C15H23NO/c1-12(2)11-17-9-8-16-10-15-13(3)6-5-7-14(15)4/h5-7,16H,1,8-11H2,2-4H3. The molecule has 1 N–H and O–H groups in total. The average Bonchev–Trinajstić information content (AvgIpc) is 2.26. The lowest BCUT2D eigenvalue weighted by atomic mass is 10.0. The van der Waals surface area contributed by atoms with Crippen LogP contribution in [0.5, 0.6) is 0 Å². The van der Waals surface area contributed by atoms with Crippen molar-refractivity contribution in [2.45, 2.75) is 27.3 Å². The molecule has 0 saturated carbocycles. The molecule has 0 saturated heterocycles. The van der Waals surface area contributed by atoms with E-state index in [9.17, 15) is 0 Å². The number of hydrogen-bond donors (Lipinski definition) is 1. The van der Waals surface area contributed by atoms with Crippen molar-refractivity contribution in [2.24, 2.45) is 0 Å². The first-order chi connectivity index (χ1) is 8.11. The van der Waals surface area contributed by atoms with E-state index in [1.807, 2.05) is 6.92 Å². The average molecular weight is 233 g/mol. The predicted molar refractivity (Wildman–Crippen MR) is 73.3 cm³/mol. The zero-order chi connectivity index (χ0) is 12.7. The molecule has 0 aliphatic rings. The summed E-state index contributed by atoms with van der Waals surface area (Å²) in [5.41, 5.74) is 5.16. The maximum Gasteiger partial charge on any atom is 0.0672 e. The minimum atomic E-state index is 0.658. The molecule has 0 amide bonds. The van der Waals surface area contributed by atoms with Crippen molar-refractivity contribution in [1.29, 1.82) is 0 Å². The third-order valence-electron chi connectivity index (χ3n) is 2.72. The highest BCUT2D eigenvalue weighted by molar-refractivity contribution is 5.33. The molecule has 1 aromatic carbocycles. The van der Waals surface area contributed by atoms with Gasteiger partial charge in [0.25, 0.3) is 0 Å². The highest BCUT2D eigenvalue weighted by Gasteiger charge is 2.00. The van der Waals surface area contributed by atoms with Crippen LogP contribution in [0.15, 0.2) is 30.4 Å². The maximum atomic E-state index is 5.43. The Hall–Kier alpha value is -1.12. The number of ether oxygens (including phenoxy) is 1. The van der Waals surface area contributed by atoms with Gasteiger partial charge in [0.1, 0.15) is 0 Å². The molecule has 0 heterocycles. The Balaban J connectivity index is 2.24. The lowest BCUT2D eigenvalue weighted by molar-refractivity contribution is 0.157. The minimum Gasteiger partial charge on any atom is -0.376 e. The fourth-order valence-corrected chi connectivity index (χ4v) is 1.73. The number of hydrogen-bond acceptors (Lipinski definition) is 2. The van der Waals surface area contributed by atoms with E-state index in [2.05, 4.69) is 43.9 Å². The zero-order valence-electron chi connectivity index (χ0n) is 11.2. The van der Waals surface area contributed by atoms with Gasteiger partial charge in [-0.2, -0.15) is 0 Å². The summed E-state index contributed by atoms with van der Waals surface area (Å²) in [7, 11) is 0. The first-order valence-corrected chi connectivity index (χ1v) is 6.09. The van der Waals surface area contributed by atoms with Crippen LogP contribution in [-0.4, -0.2) is 19.8 Å². The van der Waals surface area contributed by atoms with Gasteiger partial charge in [-0.3, -0.25) is 0 Å². The normalized spacial score (nSPS) is 10.5. The third-order valence-corrected chi connectivity index (χ3v) is 2.72. The summed E-state index contributed by atoms with van der Waals surface area (Å²) in [6.07, 6.45) is 0.